The van der Waals surface area contributed by atoms with Crippen LogP contribution in [-0.4, -0.2) is 23.9 Å². The highest BCUT2D eigenvalue weighted by molar-refractivity contribution is 7.10. The molecule has 0 spiro atoms. The molecule has 3 rings (SSSR count). The van der Waals surface area contributed by atoms with Crippen LogP contribution in [0.4, 0.5) is 4.39 Å². The first-order valence-corrected chi connectivity index (χ1v) is 8.84. The molecule has 2 aromatic rings. The van der Waals surface area contributed by atoms with Crippen molar-refractivity contribution in [3.8, 4) is 0 Å². The number of likely N-dealkylation sites (tertiary alicyclic amines) is 1. The van der Waals surface area contributed by atoms with E-state index in [1.165, 1.54) is 17.0 Å². The van der Waals surface area contributed by atoms with E-state index < -0.39 is 0 Å². The molecule has 1 fully saturated rings. The van der Waals surface area contributed by atoms with Crippen molar-refractivity contribution >= 4 is 17.2 Å². The summed E-state index contributed by atoms with van der Waals surface area (Å²) in [7, 11) is 0. The fourth-order valence-corrected chi connectivity index (χ4v) is 4.02. The number of carbonyl (C=O) groups excluding carboxylic acids is 1. The number of thiophene rings is 1. The standard InChI is InChI=1S/C18H21FN2OS/c1-13(14-6-8-15(19)9-7-14)20-18(22)12-21-10-2-4-16(21)17-5-3-11-23-17/h3,5-9,11,13,16H,2,4,10,12H2,1H3,(H,20,22)/t13-,16-/m0/s1. The Morgan fingerprint density at radius 1 is 1.39 bits per heavy atom. The molecule has 1 N–H and O–H groups in total. The average molecular weight is 332 g/mol. The smallest absolute Gasteiger partial charge is 0.234 e. The minimum Gasteiger partial charge on any atom is -0.348 e. The number of nitrogens with one attached hydrogen (secondary N) is 1. The lowest BCUT2D eigenvalue weighted by atomic mass is 10.1. The molecule has 23 heavy (non-hydrogen) atoms. The molecule has 5 heteroatoms. The second-order valence-electron chi connectivity index (χ2n) is 5.98. The summed E-state index contributed by atoms with van der Waals surface area (Å²) < 4.78 is 13.0. The van der Waals surface area contributed by atoms with Crippen molar-refractivity contribution in [1.82, 2.24) is 10.2 Å². The Kier molecular flexibility index (Phi) is 5.08. The molecule has 0 saturated carbocycles. The number of rotatable bonds is 5. The maximum absolute atomic E-state index is 13.0. The summed E-state index contributed by atoms with van der Waals surface area (Å²) in [4.78, 5) is 15.9. The Balaban J connectivity index is 1.57. The summed E-state index contributed by atoms with van der Waals surface area (Å²) in [6, 6.07) is 10.7. The van der Waals surface area contributed by atoms with Crippen molar-refractivity contribution in [2.45, 2.75) is 31.8 Å². The van der Waals surface area contributed by atoms with Gasteiger partial charge in [-0.05, 0) is 55.5 Å². The van der Waals surface area contributed by atoms with Gasteiger partial charge < -0.3 is 5.32 Å². The van der Waals surface area contributed by atoms with Crippen molar-refractivity contribution in [1.29, 1.82) is 0 Å². The predicted octanol–water partition coefficient (Wildman–Crippen LogP) is 3.90. The second-order valence-corrected chi connectivity index (χ2v) is 6.96. The Labute approximate surface area is 140 Å². The van der Waals surface area contributed by atoms with Gasteiger partial charge in [0.05, 0.1) is 12.6 Å². The minimum atomic E-state index is -0.261. The van der Waals surface area contributed by atoms with Crippen molar-refractivity contribution in [3.63, 3.8) is 0 Å². The minimum absolute atomic E-state index is 0.0188. The zero-order chi connectivity index (χ0) is 16.2. The number of benzene rings is 1. The van der Waals surface area contributed by atoms with Crippen LogP contribution in [0.1, 0.15) is 42.3 Å². The van der Waals surface area contributed by atoms with Crippen LogP contribution in [0, 0.1) is 5.82 Å². The lowest BCUT2D eigenvalue weighted by molar-refractivity contribution is -0.123. The van der Waals surface area contributed by atoms with Gasteiger partial charge in [-0.25, -0.2) is 4.39 Å². The molecule has 0 unspecified atom stereocenters. The zero-order valence-corrected chi connectivity index (χ0v) is 14.0. The van der Waals surface area contributed by atoms with Gasteiger partial charge in [-0.1, -0.05) is 18.2 Å². The molecule has 0 radical (unpaired) electrons. The molecule has 1 aliphatic rings. The van der Waals surface area contributed by atoms with Crippen LogP contribution in [0.2, 0.25) is 0 Å². The van der Waals surface area contributed by atoms with E-state index in [0.717, 1.165) is 24.9 Å². The number of hydrogen-bond acceptors (Lipinski definition) is 3. The monoisotopic (exact) mass is 332 g/mol. The van der Waals surface area contributed by atoms with E-state index in [9.17, 15) is 9.18 Å². The van der Waals surface area contributed by atoms with Crippen LogP contribution in [0.3, 0.4) is 0 Å². The Morgan fingerprint density at radius 2 is 2.17 bits per heavy atom. The van der Waals surface area contributed by atoms with Crippen molar-refractivity contribution < 1.29 is 9.18 Å². The molecule has 122 valence electrons. The maximum Gasteiger partial charge on any atom is 0.234 e. The summed E-state index contributed by atoms with van der Waals surface area (Å²) in [5, 5.41) is 5.09. The molecular weight excluding hydrogens is 311 g/mol. The Hall–Kier alpha value is -1.72. The largest absolute Gasteiger partial charge is 0.348 e. The number of hydrogen-bond donors (Lipinski definition) is 1. The molecule has 2 heterocycles. The van der Waals surface area contributed by atoms with E-state index in [2.05, 4.69) is 27.7 Å². The third-order valence-electron chi connectivity index (χ3n) is 4.33. The number of halogens is 1. The van der Waals surface area contributed by atoms with Gasteiger partial charge in [-0.15, -0.1) is 11.3 Å². The van der Waals surface area contributed by atoms with Crippen molar-refractivity contribution in [2.75, 3.05) is 13.1 Å². The highest BCUT2D eigenvalue weighted by Crippen LogP contribution is 2.34. The van der Waals surface area contributed by atoms with E-state index >= 15 is 0 Å². The first-order valence-electron chi connectivity index (χ1n) is 7.96. The fourth-order valence-electron chi connectivity index (χ4n) is 3.12. The maximum atomic E-state index is 13.0. The van der Waals surface area contributed by atoms with Gasteiger partial charge in [0.2, 0.25) is 5.91 Å². The van der Waals surface area contributed by atoms with Gasteiger partial charge in [-0.3, -0.25) is 9.69 Å². The van der Waals surface area contributed by atoms with Crippen LogP contribution in [-0.2, 0) is 4.79 Å². The number of nitrogens with zero attached hydrogens (tertiary/aromatic N) is 1. The van der Waals surface area contributed by atoms with Gasteiger partial charge in [0.15, 0.2) is 0 Å². The fraction of sp³-hybridized carbons (Fsp3) is 0.389. The molecule has 1 aliphatic heterocycles. The quantitative estimate of drug-likeness (QED) is 0.900. The van der Waals surface area contributed by atoms with Gasteiger partial charge in [0, 0.05) is 10.9 Å². The van der Waals surface area contributed by atoms with E-state index in [-0.39, 0.29) is 17.8 Å². The summed E-state index contributed by atoms with van der Waals surface area (Å²) in [6.45, 7) is 3.29. The predicted molar refractivity (Wildman–Crippen MR) is 90.8 cm³/mol. The van der Waals surface area contributed by atoms with E-state index in [0.29, 0.717) is 12.6 Å². The first-order chi connectivity index (χ1) is 11.1. The third-order valence-corrected chi connectivity index (χ3v) is 5.30. The summed E-state index contributed by atoms with van der Waals surface area (Å²) >= 11 is 1.75. The van der Waals surface area contributed by atoms with Gasteiger partial charge >= 0.3 is 0 Å². The molecule has 1 saturated heterocycles. The van der Waals surface area contributed by atoms with E-state index in [1.54, 1.807) is 23.5 Å². The first kappa shape index (κ1) is 16.1. The Morgan fingerprint density at radius 3 is 2.87 bits per heavy atom. The topological polar surface area (TPSA) is 32.3 Å². The van der Waals surface area contributed by atoms with Crippen LogP contribution in [0.25, 0.3) is 0 Å². The van der Waals surface area contributed by atoms with E-state index in [1.807, 2.05) is 6.92 Å². The summed E-state index contributed by atoms with van der Waals surface area (Å²) in [6.07, 6.45) is 2.24. The number of carbonyl (C=O) groups is 1. The second kappa shape index (κ2) is 7.23. The van der Waals surface area contributed by atoms with Gasteiger partial charge in [-0.2, -0.15) is 0 Å². The van der Waals surface area contributed by atoms with Gasteiger partial charge in [0.25, 0.3) is 0 Å². The molecule has 1 aromatic carbocycles. The normalized spacial score (nSPS) is 19.7. The summed E-state index contributed by atoms with van der Waals surface area (Å²) in [5.74, 6) is -0.242. The molecular formula is C18H21FN2OS. The van der Waals surface area contributed by atoms with Crippen molar-refractivity contribution in [3.05, 3.63) is 58.0 Å². The Bertz CT molecular complexity index is 642. The molecule has 0 bridgehead atoms. The SMILES string of the molecule is C[C@H](NC(=O)CN1CCC[C@H]1c1cccs1)c1ccc(F)cc1. The average Bonchev–Trinajstić information content (AvgIpc) is 3.18. The van der Waals surface area contributed by atoms with Crippen LogP contribution >= 0.6 is 11.3 Å². The molecule has 0 aliphatic carbocycles. The lowest BCUT2D eigenvalue weighted by Crippen LogP contribution is -2.37. The molecule has 2 atom stereocenters. The lowest BCUT2D eigenvalue weighted by Gasteiger charge is -2.24. The zero-order valence-electron chi connectivity index (χ0n) is 13.2. The summed E-state index contributed by atoms with van der Waals surface area (Å²) in [5.41, 5.74) is 0.913. The molecule has 3 nitrogen and oxygen atoms in total. The van der Waals surface area contributed by atoms with Crippen LogP contribution in [0.15, 0.2) is 41.8 Å². The highest BCUT2D eigenvalue weighted by atomic mass is 32.1. The van der Waals surface area contributed by atoms with Crippen molar-refractivity contribution in [2.24, 2.45) is 0 Å². The molecule has 1 amide bonds. The van der Waals surface area contributed by atoms with Gasteiger partial charge in [0.1, 0.15) is 5.82 Å². The van der Waals surface area contributed by atoms with Crippen LogP contribution in [0.5, 0.6) is 0 Å². The highest BCUT2D eigenvalue weighted by Gasteiger charge is 2.28. The number of amides is 1. The third kappa shape index (κ3) is 3.98. The van der Waals surface area contributed by atoms with E-state index in [4.69, 9.17) is 0 Å². The molecule has 1 aromatic heterocycles. The van der Waals surface area contributed by atoms with Crippen LogP contribution < -0.4 is 5.32 Å².